The molecule has 0 aromatic heterocycles. The van der Waals surface area contributed by atoms with E-state index in [1.807, 2.05) is 24.3 Å². The molecule has 0 saturated heterocycles. The van der Waals surface area contributed by atoms with Crippen molar-refractivity contribution >= 4 is 89.8 Å². The van der Waals surface area contributed by atoms with E-state index < -0.39 is 5.41 Å². The van der Waals surface area contributed by atoms with Crippen molar-refractivity contribution in [2.75, 3.05) is 48.0 Å². The minimum atomic E-state index is -0.436. The summed E-state index contributed by atoms with van der Waals surface area (Å²) in [6.45, 7) is 4.76. The van der Waals surface area contributed by atoms with E-state index in [-0.39, 0.29) is 0 Å². The molecule has 0 N–H and O–H groups in total. The van der Waals surface area contributed by atoms with Crippen LogP contribution in [0.4, 0.5) is 68.2 Å². The smallest absolute Gasteiger partial charge is 0.119 e. The maximum absolute atomic E-state index is 5.81. The Hall–Kier alpha value is -10.4. The van der Waals surface area contributed by atoms with E-state index in [2.05, 4.69) is 276 Å². The highest BCUT2D eigenvalue weighted by Gasteiger charge is 2.38. The van der Waals surface area contributed by atoms with E-state index in [0.717, 1.165) is 113 Å². The molecule has 1 aliphatic rings. The van der Waals surface area contributed by atoms with E-state index >= 15 is 0 Å². The van der Waals surface area contributed by atoms with Gasteiger partial charge in [0.05, 0.1) is 39.8 Å². The first kappa shape index (κ1) is 52.0. The summed E-state index contributed by atoms with van der Waals surface area (Å²) >= 11 is 0. The predicted octanol–water partition coefficient (Wildman–Crippen LogP) is 20.2. The van der Waals surface area contributed by atoms with Crippen LogP contribution in [0.25, 0.3) is 32.7 Å². The lowest BCUT2D eigenvalue weighted by molar-refractivity contribution is 0.414. The molecule has 0 unspecified atom stereocenters. The maximum atomic E-state index is 5.81. The van der Waals surface area contributed by atoms with Crippen LogP contribution in [-0.4, -0.2) is 28.4 Å². The van der Waals surface area contributed by atoms with Crippen LogP contribution in [0.1, 0.15) is 25.0 Å². The number of ether oxygens (including phenoxy) is 4. The van der Waals surface area contributed by atoms with Crippen molar-refractivity contribution in [3.8, 4) is 34.1 Å². The summed E-state index contributed by atoms with van der Waals surface area (Å²) in [5.74, 6) is 3.15. The highest BCUT2D eigenvalue weighted by molar-refractivity contribution is 6.25. The van der Waals surface area contributed by atoms with Crippen LogP contribution in [0.15, 0.2) is 267 Å². The van der Waals surface area contributed by atoms with Gasteiger partial charge in [0, 0.05) is 83.8 Å². The minimum absolute atomic E-state index is 0.436. The lowest BCUT2D eigenvalue weighted by Crippen LogP contribution is -2.18. The van der Waals surface area contributed by atoms with Gasteiger partial charge < -0.3 is 38.5 Å². The second-order valence-electron chi connectivity index (χ2n) is 21.2. The van der Waals surface area contributed by atoms with Gasteiger partial charge in [-0.2, -0.15) is 0 Å². The molecular weight excluding hydrogens is 1020 g/mol. The molecule has 0 bridgehead atoms. The van der Waals surface area contributed by atoms with Crippen molar-refractivity contribution in [1.82, 2.24) is 0 Å². The van der Waals surface area contributed by atoms with Crippen LogP contribution >= 0.6 is 0 Å². The molecule has 12 aromatic rings. The van der Waals surface area contributed by atoms with Crippen LogP contribution in [0.5, 0.6) is 23.0 Å². The Balaban J connectivity index is 1.16. The van der Waals surface area contributed by atoms with Crippen molar-refractivity contribution in [2.24, 2.45) is 0 Å². The number of rotatable bonds is 16. The summed E-state index contributed by atoms with van der Waals surface area (Å²) in [4.78, 5) is 9.52. The average molecular weight is 1080 g/mol. The molecule has 0 radical (unpaired) electrons. The standard InChI is InChI=1S/C75H62N4O4/c1-75(2)71-48-60(77(52-21-13-8-14-22-52)56-29-39-62(81-4)40-30-56)35-45-65(71)67-49-69-70(50-72(67)75)73(78(53-23-15-9-16-24-53)57-31-41-63(82-5)42-32-57)66-46-36-59(76(51-19-11-7-12-20-51)55-27-37-61(80-3)38-28-55)47-68(66)74(69)79(54-25-17-10-18-26-54)58-33-43-64(83-6)44-34-58/h7-50H,1-6H3. The van der Waals surface area contributed by atoms with Crippen molar-refractivity contribution in [3.63, 3.8) is 0 Å². The number of hydrogen-bond donors (Lipinski definition) is 0. The molecule has 8 heteroatoms. The highest BCUT2D eigenvalue weighted by Crippen LogP contribution is 2.58. The summed E-state index contributed by atoms with van der Waals surface area (Å²) < 4.78 is 22.9. The topological polar surface area (TPSA) is 49.9 Å². The van der Waals surface area contributed by atoms with Crippen LogP contribution in [-0.2, 0) is 5.41 Å². The fraction of sp³-hybridized carbons (Fsp3) is 0.0933. The lowest BCUT2D eigenvalue weighted by Gasteiger charge is -2.34. The van der Waals surface area contributed by atoms with E-state index in [1.165, 1.54) is 22.3 Å². The molecule has 0 saturated carbocycles. The van der Waals surface area contributed by atoms with Crippen molar-refractivity contribution in [2.45, 2.75) is 19.3 Å². The number of methoxy groups -OCH3 is 4. The number of para-hydroxylation sites is 4. The third kappa shape index (κ3) is 9.44. The molecule has 13 rings (SSSR count). The van der Waals surface area contributed by atoms with Crippen LogP contribution < -0.4 is 38.5 Å². The van der Waals surface area contributed by atoms with Crippen molar-refractivity contribution < 1.29 is 18.9 Å². The summed E-state index contributed by atoms with van der Waals surface area (Å²) in [5, 5.41) is 4.26. The first-order chi connectivity index (χ1) is 40.7. The van der Waals surface area contributed by atoms with Crippen molar-refractivity contribution in [3.05, 3.63) is 278 Å². The zero-order valence-corrected chi connectivity index (χ0v) is 47.3. The van der Waals surface area contributed by atoms with Gasteiger partial charge in [0.15, 0.2) is 0 Å². The van der Waals surface area contributed by atoms with Gasteiger partial charge in [-0.25, -0.2) is 0 Å². The third-order valence-electron chi connectivity index (χ3n) is 16.2. The summed E-state index contributed by atoms with van der Waals surface area (Å²) in [5.41, 5.74) is 16.7. The molecule has 406 valence electrons. The fourth-order valence-corrected chi connectivity index (χ4v) is 12.1. The molecule has 8 nitrogen and oxygen atoms in total. The van der Waals surface area contributed by atoms with Crippen LogP contribution in [0.2, 0.25) is 0 Å². The van der Waals surface area contributed by atoms with Gasteiger partial charge >= 0.3 is 0 Å². The molecule has 0 atom stereocenters. The SMILES string of the molecule is COc1ccc(N(c2ccccc2)c2ccc3c(c2)C(C)(C)c2cc4c(N(c5ccccc5)c5ccc(OC)cc5)c5ccc(N(c6ccccc6)c6ccc(OC)cc6)cc5c(N(c5ccccc5)c5ccc(OC)cc5)c4cc2-3)cc1. The Morgan fingerprint density at radius 2 is 0.530 bits per heavy atom. The van der Waals surface area contributed by atoms with Gasteiger partial charge in [0.2, 0.25) is 0 Å². The summed E-state index contributed by atoms with van der Waals surface area (Å²) in [7, 11) is 6.85. The Morgan fingerprint density at radius 3 is 0.928 bits per heavy atom. The Kier molecular flexibility index (Phi) is 13.7. The number of nitrogens with zero attached hydrogens (tertiary/aromatic N) is 4. The number of benzene rings is 12. The van der Waals surface area contributed by atoms with Gasteiger partial charge in [-0.15, -0.1) is 0 Å². The third-order valence-corrected chi connectivity index (χ3v) is 16.2. The fourth-order valence-electron chi connectivity index (χ4n) is 12.1. The molecule has 12 aromatic carbocycles. The molecule has 0 aliphatic heterocycles. The predicted molar refractivity (Wildman–Crippen MR) is 344 cm³/mol. The van der Waals surface area contributed by atoms with E-state index in [4.69, 9.17) is 18.9 Å². The van der Waals surface area contributed by atoms with Crippen LogP contribution in [0, 0.1) is 0 Å². The van der Waals surface area contributed by atoms with Crippen molar-refractivity contribution in [1.29, 1.82) is 0 Å². The summed E-state index contributed by atoms with van der Waals surface area (Å²) in [6.07, 6.45) is 0. The molecule has 0 fully saturated rings. The summed E-state index contributed by atoms with van der Waals surface area (Å²) in [6, 6.07) is 95.1. The Labute approximate surface area is 485 Å². The second-order valence-corrected chi connectivity index (χ2v) is 21.2. The largest absolute Gasteiger partial charge is 0.497 e. The van der Waals surface area contributed by atoms with Gasteiger partial charge in [0.1, 0.15) is 23.0 Å². The van der Waals surface area contributed by atoms with Gasteiger partial charge in [-0.05, 0) is 204 Å². The molecular formula is C75H62N4O4. The molecule has 83 heavy (non-hydrogen) atoms. The molecule has 0 spiro atoms. The monoisotopic (exact) mass is 1080 g/mol. The number of fused-ring (bicyclic) bond motifs is 5. The number of anilines is 12. The number of hydrogen-bond acceptors (Lipinski definition) is 8. The molecule has 0 heterocycles. The van der Waals surface area contributed by atoms with Gasteiger partial charge in [-0.1, -0.05) is 98.8 Å². The van der Waals surface area contributed by atoms with E-state index in [9.17, 15) is 0 Å². The van der Waals surface area contributed by atoms with Gasteiger partial charge in [-0.3, -0.25) is 0 Å². The zero-order valence-electron chi connectivity index (χ0n) is 47.3. The van der Waals surface area contributed by atoms with Crippen LogP contribution in [0.3, 0.4) is 0 Å². The van der Waals surface area contributed by atoms with E-state index in [1.54, 1.807) is 28.4 Å². The zero-order chi connectivity index (χ0) is 56.6. The van der Waals surface area contributed by atoms with Gasteiger partial charge in [0.25, 0.3) is 0 Å². The first-order valence-corrected chi connectivity index (χ1v) is 27.9. The molecule has 1 aliphatic carbocycles. The van der Waals surface area contributed by atoms with E-state index in [0.29, 0.717) is 0 Å². The lowest BCUT2D eigenvalue weighted by atomic mass is 9.81. The quantitative estimate of drug-likeness (QED) is 0.0701. The molecule has 0 amide bonds. The normalized spacial score (nSPS) is 12.1. The Bertz CT molecular complexity index is 4260. The highest BCUT2D eigenvalue weighted by atomic mass is 16.5. The minimum Gasteiger partial charge on any atom is -0.497 e. The maximum Gasteiger partial charge on any atom is 0.119 e. The Morgan fingerprint density at radius 1 is 0.241 bits per heavy atom. The first-order valence-electron chi connectivity index (χ1n) is 27.9. The average Bonchev–Trinajstić information content (AvgIpc) is 3.65. The second kappa shape index (κ2) is 21.9.